The zero-order chi connectivity index (χ0) is 17.3. The fraction of sp³-hybridized carbons (Fsp3) is 0.375. The summed E-state index contributed by atoms with van der Waals surface area (Å²) in [6, 6.07) is 3.68. The number of H-pyrrole nitrogens is 1. The zero-order valence-corrected chi connectivity index (χ0v) is 16.0. The molecular weight excluding hydrogens is 394 g/mol. The van der Waals surface area contributed by atoms with E-state index in [4.69, 9.17) is 9.47 Å². The molecule has 0 aliphatic carbocycles. The van der Waals surface area contributed by atoms with Crippen molar-refractivity contribution >= 4 is 39.3 Å². The van der Waals surface area contributed by atoms with Crippen molar-refractivity contribution in [3.05, 3.63) is 28.0 Å². The fourth-order valence-corrected chi connectivity index (χ4v) is 3.76. The summed E-state index contributed by atoms with van der Waals surface area (Å²) in [7, 11) is 0. The maximum absolute atomic E-state index is 12.6. The molecule has 2 heterocycles. The van der Waals surface area contributed by atoms with Crippen LogP contribution in [0.25, 0.3) is 0 Å². The van der Waals surface area contributed by atoms with E-state index >= 15 is 0 Å². The maximum atomic E-state index is 12.6. The van der Waals surface area contributed by atoms with Crippen LogP contribution in [0.15, 0.2) is 21.5 Å². The van der Waals surface area contributed by atoms with Gasteiger partial charge in [0.05, 0.1) is 15.9 Å². The summed E-state index contributed by atoms with van der Waals surface area (Å²) in [6.45, 7) is 5.10. The van der Waals surface area contributed by atoms with E-state index in [-0.39, 0.29) is 11.8 Å². The number of anilines is 1. The van der Waals surface area contributed by atoms with Crippen molar-refractivity contribution in [3.63, 3.8) is 0 Å². The van der Waals surface area contributed by atoms with Gasteiger partial charge >= 0.3 is 0 Å². The molecule has 2 N–H and O–H groups in total. The van der Waals surface area contributed by atoms with Gasteiger partial charge in [-0.1, -0.05) is 13.8 Å². The number of thioether (sulfide) groups is 1. The Morgan fingerprint density at radius 3 is 2.58 bits per heavy atom. The molecule has 1 aromatic carbocycles. The highest BCUT2D eigenvalue weighted by Crippen LogP contribution is 2.39. The van der Waals surface area contributed by atoms with Gasteiger partial charge in [-0.2, -0.15) is 5.10 Å². The molecule has 8 heteroatoms. The molecule has 0 spiro atoms. The SMILES string of the molecule is CSc1cc2c(cc1NC(=O)c1n[nH]c(C(C)C)c1Br)OCCO2. The molecule has 0 saturated heterocycles. The Kier molecular flexibility index (Phi) is 5.05. The van der Waals surface area contributed by atoms with Crippen molar-refractivity contribution < 1.29 is 14.3 Å². The molecule has 0 radical (unpaired) electrons. The van der Waals surface area contributed by atoms with Crippen LogP contribution in [0, 0.1) is 0 Å². The Balaban J connectivity index is 1.89. The second-order valence-electron chi connectivity index (χ2n) is 5.60. The molecule has 0 atom stereocenters. The Labute approximate surface area is 152 Å². The molecule has 0 unspecified atom stereocenters. The van der Waals surface area contributed by atoms with E-state index in [1.807, 2.05) is 26.2 Å². The van der Waals surface area contributed by atoms with Crippen LogP contribution in [0.3, 0.4) is 0 Å². The van der Waals surface area contributed by atoms with Crippen LogP contribution in [0.1, 0.15) is 35.9 Å². The standard InChI is InChI=1S/C16H18BrN3O3S/c1-8(2)14-13(17)15(20-19-14)16(21)18-9-6-10-11(7-12(9)24-3)23-5-4-22-10/h6-8H,4-5H2,1-3H3,(H,18,21)(H,19,20). The van der Waals surface area contributed by atoms with Crippen LogP contribution in [-0.2, 0) is 0 Å². The van der Waals surface area contributed by atoms with Crippen LogP contribution in [0.5, 0.6) is 11.5 Å². The normalized spacial score (nSPS) is 13.2. The van der Waals surface area contributed by atoms with Crippen molar-refractivity contribution in [2.24, 2.45) is 0 Å². The lowest BCUT2D eigenvalue weighted by molar-refractivity contribution is 0.102. The van der Waals surface area contributed by atoms with Crippen LogP contribution in [0.4, 0.5) is 5.69 Å². The lowest BCUT2D eigenvalue weighted by Crippen LogP contribution is -2.17. The number of aromatic amines is 1. The summed E-state index contributed by atoms with van der Waals surface area (Å²) in [6.07, 6.45) is 1.95. The second kappa shape index (κ2) is 7.06. The van der Waals surface area contributed by atoms with Gasteiger partial charge in [-0.25, -0.2) is 0 Å². The summed E-state index contributed by atoms with van der Waals surface area (Å²) >= 11 is 4.99. The third kappa shape index (κ3) is 3.25. The first kappa shape index (κ1) is 17.2. The molecule has 3 rings (SSSR count). The summed E-state index contributed by atoms with van der Waals surface area (Å²) in [5, 5.41) is 9.95. The van der Waals surface area contributed by atoms with E-state index in [2.05, 4.69) is 31.4 Å². The summed E-state index contributed by atoms with van der Waals surface area (Å²) in [4.78, 5) is 13.5. The van der Waals surface area contributed by atoms with E-state index in [9.17, 15) is 4.79 Å². The number of benzene rings is 1. The quantitative estimate of drug-likeness (QED) is 0.742. The molecule has 24 heavy (non-hydrogen) atoms. The van der Waals surface area contributed by atoms with Crippen molar-refractivity contribution in [1.29, 1.82) is 0 Å². The van der Waals surface area contributed by atoms with E-state index in [0.29, 0.717) is 40.6 Å². The highest BCUT2D eigenvalue weighted by molar-refractivity contribution is 9.10. The molecule has 2 aromatic rings. The number of rotatable bonds is 4. The molecule has 1 aromatic heterocycles. The topological polar surface area (TPSA) is 76.2 Å². The average molecular weight is 412 g/mol. The number of fused-ring (bicyclic) bond motifs is 1. The second-order valence-corrected chi connectivity index (χ2v) is 7.25. The number of nitrogens with zero attached hydrogens (tertiary/aromatic N) is 1. The van der Waals surface area contributed by atoms with Crippen molar-refractivity contribution in [2.75, 3.05) is 24.8 Å². The smallest absolute Gasteiger partial charge is 0.277 e. The zero-order valence-electron chi connectivity index (χ0n) is 13.6. The highest BCUT2D eigenvalue weighted by Gasteiger charge is 2.22. The molecule has 1 aliphatic heterocycles. The molecule has 0 fully saturated rings. The summed E-state index contributed by atoms with van der Waals surface area (Å²) in [5.74, 6) is 1.30. The van der Waals surface area contributed by atoms with Gasteiger partial charge in [-0.3, -0.25) is 9.89 Å². The number of halogens is 1. The predicted molar refractivity (Wildman–Crippen MR) is 97.5 cm³/mol. The van der Waals surface area contributed by atoms with Crippen molar-refractivity contribution in [1.82, 2.24) is 10.2 Å². The Hall–Kier alpha value is -1.67. The molecule has 1 amide bonds. The van der Waals surface area contributed by atoms with Gasteiger partial charge in [0, 0.05) is 11.0 Å². The van der Waals surface area contributed by atoms with Gasteiger partial charge in [-0.05, 0) is 34.2 Å². The van der Waals surface area contributed by atoms with Gasteiger partial charge in [-0.15, -0.1) is 11.8 Å². The first-order valence-corrected chi connectivity index (χ1v) is 9.55. The number of amides is 1. The van der Waals surface area contributed by atoms with Crippen molar-refractivity contribution in [3.8, 4) is 11.5 Å². The Bertz CT molecular complexity index is 776. The van der Waals surface area contributed by atoms with Crippen LogP contribution < -0.4 is 14.8 Å². The van der Waals surface area contributed by atoms with Crippen LogP contribution in [0.2, 0.25) is 0 Å². The van der Waals surface area contributed by atoms with Crippen LogP contribution >= 0.6 is 27.7 Å². The maximum Gasteiger partial charge on any atom is 0.277 e. The Morgan fingerprint density at radius 2 is 2.00 bits per heavy atom. The number of hydrogen-bond acceptors (Lipinski definition) is 5. The van der Waals surface area contributed by atoms with E-state index < -0.39 is 0 Å². The third-order valence-corrected chi connectivity index (χ3v) is 5.22. The third-order valence-electron chi connectivity index (χ3n) is 3.64. The van der Waals surface area contributed by atoms with E-state index in [1.54, 1.807) is 6.07 Å². The molecule has 0 saturated carbocycles. The summed E-state index contributed by atoms with van der Waals surface area (Å²) in [5.41, 5.74) is 1.91. The average Bonchev–Trinajstić information content (AvgIpc) is 2.96. The fourth-order valence-electron chi connectivity index (χ4n) is 2.39. The van der Waals surface area contributed by atoms with Gasteiger partial charge in [0.2, 0.25) is 0 Å². The number of carbonyl (C=O) groups excluding carboxylic acids is 1. The minimum atomic E-state index is -0.281. The number of ether oxygens (including phenoxy) is 2. The molecular formula is C16H18BrN3O3S. The van der Waals surface area contributed by atoms with E-state index in [1.165, 1.54) is 11.8 Å². The Morgan fingerprint density at radius 1 is 1.33 bits per heavy atom. The van der Waals surface area contributed by atoms with Gasteiger partial charge in [0.15, 0.2) is 17.2 Å². The molecule has 128 valence electrons. The van der Waals surface area contributed by atoms with Gasteiger partial charge in [0.25, 0.3) is 5.91 Å². The first-order valence-electron chi connectivity index (χ1n) is 7.54. The van der Waals surface area contributed by atoms with E-state index in [0.717, 1.165) is 10.6 Å². The number of carbonyl (C=O) groups is 1. The minimum absolute atomic E-state index is 0.240. The van der Waals surface area contributed by atoms with Crippen molar-refractivity contribution in [2.45, 2.75) is 24.7 Å². The van der Waals surface area contributed by atoms with Gasteiger partial charge in [0.1, 0.15) is 13.2 Å². The lowest BCUT2D eigenvalue weighted by Gasteiger charge is -2.20. The number of aromatic nitrogens is 2. The molecule has 0 bridgehead atoms. The van der Waals surface area contributed by atoms with Crippen LogP contribution in [-0.4, -0.2) is 35.6 Å². The lowest BCUT2D eigenvalue weighted by atomic mass is 10.1. The monoisotopic (exact) mass is 411 g/mol. The first-order chi connectivity index (χ1) is 11.5. The minimum Gasteiger partial charge on any atom is -0.486 e. The largest absolute Gasteiger partial charge is 0.486 e. The van der Waals surface area contributed by atoms with Gasteiger partial charge < -0.3 is 14.8 Å². The predicted octanol–water partition coefficient (Wildman–Crippen LogP) is 4.04. The number of nitrogens with one attached hydrogen (secondary N) is 2. The number of hydrogen-bond donors (Lipinski definition) is 2. The molecule has 6 nitrogen and oxygen atoms in total. The molecule has 1 aliphatic rings. The summed E-state index contributed by atoms with van der Waals surface area (Å²) < 4.78 is 11.9. The highest BCUT2D eigenvalue weighted by atomic mass is 79.9.